The van der Waals surface area contributed by atoms with E-state index in [0.717, 1.165) is 0 Å². The van der Waals surface area contributed by atoms with E-state index in [1.165, 1.54) is 0 Å². The minimum Gasteiger partial charge on any atom is -0.550 e. The molecule has 0 aromatic carbocycles. The molecule has 0 saturated heterocycles. The summed E-state index contributed by atoms with van der Waals surface area (Å²) < 4.78 is 14.6. The molecule has 0 bridgehead atoms. The van der Waals surface area contributed by atoms with Crippen molar-refractivity contribution in [2.45, 2.75) is 57.8 Å². The number of hydrogen-bond donors (Lipinski definition) is 3. The number of carbonyl (C=O) groups excluding carboxylic acids is 6. The Morgan fingerprint density at radius 2 is 0.675 bits per heavy atom. The number of aliphatic hydroxyl groups is 3. The molecule has 0 aliphatic carbocycles. The molecule has 228 valence electrons. The molecule has 0 spiro atoms. The van der Waals surface area contributed by atoms with E-state index in [1.54, 1.807) is 0 Å². The summed E-state index contributed by atoms with van der Waals surface area (Å²) >= 11 is 0. The van der Waals surface area contributed by atoms with Gasteiger partial charge in [-0.25, -0.2) is 0 Å². The molecule has 0 aliphatic heterocycles. The molecule has 0 heterocycles. The van der Waals surface area contributed by atoms with Gasteiger partial charge in [0.05, 0.1) is 39.6 Å². The summed E-state index contributed by atoms with van der Waals surface area (Å²) in [5, 5.41) is 54.8. The normalized spacial score (nSPS) is 9.68. The van der Waals surface area contributed by atoms with Crippen LogP contribution in [0.15, 0.2) is 0 Å². The second kappa shape index (κ2) is 34.7. The zero-order valence-corrected chi connectivity index (χ0v) is 23.7. The number of aliphatic hydroxyl groups excluding tert-OH is 3. The molecular formula is C24H39AlO15. The Kier molecular flexibility index (Phi) is 38.8. The van der Waals surface area contributed by atoms with Gasteiger partial charge < -0.3 is 59.2 Å². The molecule has 15 nitrogen and oxygen atoms in total. The summed E-state index contributed by atoms with van der Waals surface area (Å²) in [6.07, 6.45) is 0.391. The van der Waals surface area contributed by atoms with E-state index in [4.69, 9.17) is 29.5 Å². The second-order valence-corrected chi connectivity index (χ2v) is 7.58. The third kappa shape index (κ3) is 45.6. The largest absolute Gasteiger partial charge is 3.00 e. The van der Waals surface area contributed by atoms with Gasteiger partial charge in [0.15, 0.2) is 0 Å². The number of ketones is 3. The van der Waals surface area contributed by atoms with E-state index in [1.807, 2.05) is 0 Å². The molecule has 0 aliphatic rings. The van der Waals surface area contributed by atoms with Gasteiger partial charge in [-0.2, -0.15) is 0 Å². The van der Waals surface area contributed by atoms with Gasteiger partial charge in [-0.1, -0.05) is 0 Å². The zero-order chi connectivity index (χ0) is 30.3. The Bertz CT molecular complexity index is 595. The number of ether oxygens (including phenoxy) is 3. The quantitative estimate of drug-likeness (QED) is 0.0537. The van der Waals surface area contributed by atoms with Gasteiger partial charge in [-0.3, -0.25) is 14.4 Å². The van der Waals surface area contributed by atoms with Gasteiger partial charge in [-0.15, -0.1) is 0 Å². The number of hydrogen-bond acceptors (Lipinski definition) is 15. The molecule has 0 unspecified atom stereocenters. The average Bonchev–Trinajstić information content (AvgIpc) is 2.83. The van der Waals surface area contributed by atoms with Crippen molar-refractivity contribution in [2.24, 2.45) is 0 Å². The molecule has 0 rings (SSSR count). The monoisotopic (exact) mass is 594 g/mol. The Labute approximate surface area is 243 Å². The van der Waals surface area contributed by atoms with Crippen LogP contribution in [0, 0.1) is 0 Å². The molecule has 40 heavy (non-hydrogen) atoms. The maximum atomic E-state index is 10.8. The summed E-state index contributed by atoms with van der Waals surface area (Å²) in [6, 6.07) is 0. The van der Waals surface area contributed by atoms with Gasteiger partial charge in [0.1, 0.15) is 17.3 Å². The van der Waals surface area contributed by atoms with Crippen LogP contribution in [0.5, 0.6) is 0 Å². The van der Waals surface area contributed by atoms with Gasteiger partial charge in [0.25, 0.3) is 0 Å². The van der Waals surface area contributed by atoms with Crippen molar-refractivity contribution in [3.8, 4) is 0 Å². The summed E-state index contributed by atoms with van der Waals surface area (Å²) in [6.45, 7) is 1.67. The van der Waals surface area contributed by atoms with Gasteiger partial charge >= 0.3 is 17.4 Å². The molecule has 0 radical (unpaired) electrons. The molecule has 0 aromatic rings. The molecule has 0 saturated carbocycles. The first-order valence-electron chi connectivity index (χ1n) is 12.2. The van der Waals surface area contributed by atoms with Crippen molar-refractivity contribution in [3.63, 3.8) is 0 Å². The van der Waals surface area contributed by atoms with Crippen LogP contribution < -0.4 is 15.3 Å². The number of carboxylic acid groups (broad SMARTS) is 3. The van der Waals surface area contributed by atoms with Crippen LogP contribution in [0.2, 0.25) is 0 Å². The summed E-state index contributed by atoms with van der Waals surface area (Å²) in [4.78, 5) is 62.1. The van der Waals surface area contributed by atoms with E-state index < -0.39 is 37.2 Å². The average molecular weight is 595 g/mol. The van der Waals surface area contributed by atoms with Crippen LogP contribution >= 0.6 is 0 Å². The van der Waals surface area contributed by atoms with E-state index >= 15 is 0 Å². The summed E-state index contributed by atoms with van der Waals surface area (Å²) in [5.74, 6) is -5.10. The number of carboxylic acids is 3. The summed E-state index contributed by atoms with van der Waals surface area (Å²) in [7, 11) is 0. The van der Waals surface area contributed by atoms with E-state index in [9.17, 15) is 44.1 Å². The second-order valence-electron chi connectivity index (χ2n) is 7.58. The Hall–Kier alpha value is -2.29. The fourth-order valence-corrected chi connectivity index (χ4v) is 2.36. The number of aliphatic carboxylic acids is 3. The minimum absolute atomic E-state index is 0. The first kappa shape index (κ1) is 44.7. The van der Waals surface area contributed by atoms with Gasteiger partial charge in [0, 0.05) is 76.3 Å². The van der Waals surface area contributed by atoms with Crippen LogP contribution in [0.1, 0.15) is 57.8 Å². The van der Waals surface area contributed by atoms with E-state index in [2.05, 4.69) is 0 Å². The fraction of sp³-hybridized carbons (Fsp3) is 0.750. The molecular weight excluding hydrogens is 555 g/mol. The van der Waals surface area contributed by atoms with Crippen LogP contribution in [0.4, 0.5) is 0 Å². The number of rotatable bonds is 24. The van der Waals surface area contributed by atoms with Crippen LogP contribution in [0.25, 0.3) is 0 Å². The molecule has 3 N–H and O–H groups in total. The van der Waals surface area contributed by atoms with Crippen LogP contribution in [-0.4, -0.2) is 127 Å². The first-order chi connectivity index (χ1) is 18.5. The molecule has 0 aromatic heterocycles. The van der Waals surface area contributed by atoms with Gasteiger partial charge in [-0.05, 0) is 19.3 Å². The van der Waals surface area contributed by atoms with E-state index in [-0.39, 0.29) is 93.6 Å². The van der Waals surface area contributed by atoms with Crippen molar-refractivity contribution >= 4 is 52.6 Å². The van der Waals surface area contributed by atoms with E-state index in [0.29, 0.717) is 39.1 Å². The maximum absolute atomic E-state index is 10.8. The van der Waals surface area contributed by atoms with Crippen molar-refractivity contribution in [1.82, 2.24) is 0 Å². The summed E-state index contributed by atoms with van der Waals surface area (Å²) in [5.41, 5.74) is 0. The topological polar surface area (TPSA) is 260 Å². The van der Waals surface area contributed by atoms with Crippen molar-refractivity contribution in [2.75, 3.05) is 59.5 Å². The smallest absolute Gasteiger partial charge is 0.550 e. The minimum atomic E-state index is -1.35. The Morgan fingerprint density at radius 1 is 0.450 bits per heavy atom. The molecule has 0 atom stereocenters. The third-order valence-electron chi connectivity index (χ3n) is 3.96. The number of carbonyl (C=O) groups is 6. The first-order valence-corrected chi connectivity index (χ1v) is 12.2. The SMILES string of the molecule is O=C([O-])CC(=O)CCCOCCO.O=C([O-])CC(=O)CCCOCCO.O=C([O-])CC(=O)CCCOCCO.[Al+3]. The Balaban J connectivity index is -0.000000240. The predicted molar refractivity (Wildman–Crippen MR) is 131 cm³/mol. The zero-order valence-electron chi connectivity index (χ0n) is 22.5. The van der Waals surface area contributed by atoms with Crippen molar-refractivity contribution < 1.29 is 73.6 Å². The predicted octanol–water partition coefficient (Wildman–Crippen LogP) is -4.93. The fourth-order valence-electron chi connectivity index (χ4n) is 2.36. The standard InChI is InChI=1S/3C8H14O5.Al/c3*9-3-5-13-4-1-2-7(10)6-8(11)12;/h3*9H,1-6H2,(H,11,12);/q;;;+3/p-3. The van der Waals surface area contributed by atoms with Gasteiger partial charge in [0.2, 0.25) is 0 Å². The van der Waals surface area contributed by atoms with Crippen molar-refractivity contribution in [3.05, 3.63) is 0 Å². The molecule has 16 heteroatoms. The third-order valence-corrected chi connectivity index (χ3v) is 3.96. The van der Waals surface area contributed by atoms with Crippen LogP contribution in [0.3, 0.4) is 0 Å². The Morgan fingerprint density at radius 3 is 0.850 bits per heavy atom. The van der Waals surface area contributed by atoms with Crippen LogP contribution in [-0.2, 0) is 43.0 Å². The molecule has 0 amide bonds. The molecule has 0 fully saturated rings. The maximum Gasteiger partial charge on any atom is 3.00 e. The number of Topliss-reactive ketones (excluding diaryl/α,β-unsaturated/α-hetero) is 3. The van der Waals surface area contributed by atoms with Crippen molar-refractivity contribution in [1.29, 1.82) is 0 Å².